The summed E-state index contributed by atoms with van der Waals surface area (Å²) in [6.07, 6.45) is 9.09. The van der Waals surface area contributed by atoms with Crippen LogP contribution in [0.2, 0.25) is 0 Å². The third-order valence-corrected chi connectivity index (χ3v) is 8.16. The van der Waals surface area contributed by atoms with Crippen molar-refractivity contribution < 1.29 is 9.47 Å². The average molecular weight is 454 g/mol. The van der Waals surface area contributed by atoms with E-state index in [2.05, 4.69) is 53.1 Å². The summed E-state index contributed by atoms with van der Waals surface area (Å²) in [7, 11) is 1.76. The molecule has 1 atom stereocenters. The molecule has 6 heteroatoms. The number of benzene rings is 1. The molecule has 5 rings (SSSR count). The Balaban J connectivity index is 1.47. The van der Waals surface area contributed by atoms with E-state index >= 15 is 0 Å². The SMILES string of the molecule is COCCN(Cc1csc(-c2cn3c4c(cccc24)OC[C@H]3C2CCCCC2)n1)C(C)C. The molecule has 3 heterocycles. The molecule has 32 heavy (non-hydrogen) atoms. The highest BCUT2D eigenvalue weighted by Gasteiger charge is 2.32. The van der Waals surface area contributed by atoms with Gasteiger partial charge in [0.05, 0.1) is 23.9 Å². The molecule has 5 nitrogen and oxygen atoms in total. The van der Waals surface area contributed by atoms with Gasteiger partial charge >= 0.3 is 0 Å². The summed E-state index contributed by atoms with van der Waals surface area (Å²) >= 11 is 1.76. The summed E-state index contributed by atoms with van der Waals surface area (Å²) < 4.78 is 14.1. The minimum Gasteiger partial charge on any atom is -0.489 e. The second kappa shape index (κ2) is 9.54. The fourth-order valence-corrected chi connectivity index (χ4v) is 6.24. The van der Waals surface area contributed by atoms with Gasteiger partial charge in [-0.15, -0.1) is 11.3 Å². The molecule has 1 saturated carbocycles. The van der Waals surface area contributed by atoms with E-state index < -0.39 is 0 Å². The largest absolute Gasteiger partial charge is 0.489 e. The highest BCUT2D eigenvalue weighted by molar-refractivity contribution is 7.13. The van der Waals surface area contributed by atoms with Gasteiger partial charge in [-0.2, -0.15) is 0 Å². The zero-order valence-electron chi connectivity index (χ0n) is 19.5. The molecule has 3 aromatic rings. The second-order valence-corrected chi connectivity index (χ2v) is 10.4. The van der Waals surface area contributed by atoms with Crippen LogP contribution in [0.25, 0.3) is 21.5 Å². The van der Waals surface area contributed by atoms with E-state index in [9.17, 15) is 0 Å². The molecule has 2 aliphatic rings. The van der Waals surface area contributed by atoms with Crippen LogP contribution < -0.4 is 4.74 Å². The quantitative estimate of drug-likeness (QED) is 0.411. The lowest BCUT2D eigenvalue weighted by atomic mass is 9.83. The van der Waals surface area contributed by atoms with Crippen molar-refractivity contribution in [3.63, 3.8) is 0 Å². The van der Waals surface area contributed by atoms with E-state index in [0.717, 1.165) is 42.8 Å². The Labute approximate surface area is 195 Å². The average Bonchev–Trinajstić information content (AvgIpc) is 3.43. The van der Waals surface area contributed by atoms with E-state index in [1.165, 1.54) is 48.6 Å². The minimum absolute atomic E-state index is 0.436. The van der Waals surface area contributed by atoms with Crippen LogP contribution in [-0.2, 0) is 11.3 Å². The first kappa shape index (κ1) is 21.9. The number of hydrogen-bond acceptors (Lipinski definition) is 5. The minimum atomic E-state index is 0.436. The fraction of sp³-hybridized carbons (Fsp3) is 0.577. The maximum absolute atomic E-state index is 6.28. The monoisotopic (exact) mass is 453 g/mol. The molecule has 0 amide bonds. The zero-order chi connectivity index (χ0) is 22.1. The van der Waals surface area contributed by atoms with E-state index in [1.54, 1.807) is 18.4 Å². The normalized spacial score (nSPS) is 19.2. The Morgan fingerprint density at radius 3 is 2.88 bits per heavy atom. The number of nitrogens with zero attached hydrogens (tertiary/aromatic N) is 3. The number of para-hydroxylation sites is 1. The summed E-state index contributed by atoms with van der Waals surface area (Å²) in [5.74, 6) is 1.73. The van der Waals surface area contributed by atoms with E-state index in [1.807, 2.05) is 0 Å². The number of methoxy groups -OCH3 is 1. The van der Waals surface area contributed by atoms with Crippen molar-refractivity contribution in [3.05, 3.63) is 35.5 Å². The topological polar surface area (TPSA) is 39.5 Å². The third-order valence-electron chi connectivity index (χ3n) is 7.24. The molecular weight excluding hydrogens is 418 g/mol. The number of rotatable bonds is 8. The molecular formula is C26H35N3O2S. The first-order valence-corrected chi connectivity index (χ1v) is 13.0. The van der Waals surface area contributed by atoms with Crippen LogP contribution in [-0.4, -0.2) is 47.4 Å². The molecule has 172 valence electrons. The number of thiazole rings is 1. The van der Waals surface area contributed by atoms with Crippen LogP contribution in [0.1, 0.15) is 57.7 Å². The predicted octanol–water partition coefficient (Wildman–Crippen LogP) is 6.14. The van der Waals surface area contributed by atoms with Crippen LogP contribution in [0.5, 0.6) is 5.75 Å². The van der Waals surface area contributed by atoms with E-state index in [-0.39, 0.29) is 0 Å². The lowest BCUT2D eigenvalue weighted by Crippen LogP contribution is -2.33. The Hall–Kier alpha value is -1.89. The molecule has 0 radical (unpaired) electrons. The van der Waals surface area contributed by atoms with Gasteiger partial charge in [0.2, 0.25) is 0 Å². The molecule has 0 bridgehead atoms. The predicted molar refractivity (Wildman–Crippen MR) is 132 cm³/mol. The smallest absolute Gasteiger partial charge is 0.143 e. The lowest BCUT2D eigenvalue weighted by Gasteiger charge is -2.34. The molecule has 1 aliphatic carbocycles. The first-order chi connectivity index (χ1) is 15.7. The second-order valence-electron chi connectivity index (χ2n) is 9.58. The molecule has 0 N–H and O–H groups in total. The van der Waals surface area contributed by atoms with Crippen LogP contribution in [0.3, 0.4) is 0 Å². The highest BCUT2D eigenvalue weighted by Crippen LogP contribution is 2.44. The van der Waals surface area contributed by atoms with Crippen molar-refractivity contribution in [2.24, 2.45) is 5.92 Å². The Kier molecular flexibility index (Phi) is 6.54. The maximum atomic E-state index is 6.28. The van der Waals surface area contributed by atoms with Crippen molar-refractivity contribution in [3.8, 4) is 16.3 Å². The van der Waals surface area contributed by atoms with Crippen molar-refractivity contribution >= 4 is 22.2 Å². The summed E-state index contributed by atoms with van der Waals surface area (Å²) in [5, 5.41) is 4.60. The van der Waals surface area contributed by atoms with Gasteiger partial charge < -0.3 is 14.0 Å². The number of ether oxygens (including phenoxy) is 2. The van der Waals surface area contributed by atoms with Gasteiger partial charge in [0.25, 0.3) is 0 Å². The molecule has 0 unspecified atom stereocenters. The van der Waals surface area contributed by atoms with Crippen molar-refractivity contribution in [1.29, 1.82) is 0 Å². The number of aromatic nitrogens is 2. The molecule has 2 aromatic heterocycles. The lowest BCUT2D eigenvalue weighted by molar-refractivity contribution is 0.124. The van der Waals surface area contributed by atoms with Crippen LogP contribution in [0.4, 0.5) is 0 Å². The van der Waals surface area contributed by atoms with Gasteiger partial charge in [-0.1, -0.05) is 31.4 Å². The molecule has 0 spiro atoms. The summed E-state index contributed by atoms with van der Waals surface area (Å²) in [6, 6.07) is 7.36. The Morgan fingerprint density at radius 1 is 1.25 bits per heavy atom. The first-order valence-electron chi connectivity index (χ1n) is 12.1. The molecule has 0 saturated heterocycles. The van der Waals surface area contributed by atoms with Gasteiger partial charge in [0.1, 0.15) is 17.4 Å². The molecule has 1 fully saturated rings. The number of hydrogen-bond donors (Lipinski definition) is 0. The summed E-state index contributed by atoms with van der Waals surface area (Å²) in [4.78, 5) is 7.50. The van der Waals surface area contributed by atoms with Gasteiger partial charge in [0, 0.05) is 48.8 Å². The van der Waals surface area contributed by atoms with Gasteiger partial charge in [0.15, 0.2) is 0 Å². The van der Waals surface area contributed by atoms with Crippen molar-refractivity contribution in [2.45, 2.75) is 64.6 Å². The molecule has 1 aliphatic heterocycles. The van der Waals surface area contributed by atoms with E-state index in [0.29, 0.717) is 18.0 Å². The van der Waals surface area contributed by atoms with Gasteiger partial charge in [-0.05, 0) is 38.7 Å². The summed E-state index contributed by atoms with van der Waals surface area (Å²) in [6.45, 7) is 7.78. The Morgan fingerprint density at radius 2 is 2.09 bits per heavy atom. The van der Waals surface area contributed by atoms with Gasteiger partial charge in [-0.25, -0.2) is 4.98 Å². The summed E-state index contributed by atoms with van der Waals surface area (Å²) in [5.41, 5.74) is 3.64. The maximum Gasteiger partial charge on any atom is 0.143 e. The standard InChI is InChI=1S/C26H35N3O2S/c1-18(2)28(12-13-30-3)14-20-17-32-26(27-20)22-15-29-23(19-8-5-4-6-9-19)16-31-24-11-7-10-21(22)25(24)29/h7,10-11,15,17-19,23H,4-6,8-9,12-14,16H2,1-3H3/t23-/m0/s1. The van der Waals surface area contributed by atoms with Crippen LogP contribution >= 0.6 is 11.3 Å². The van der Waals surface area contributed by atoms with Gasteiger partial charge in [-0.3, -0.25) is 4.90 Å². The van der Waals surface area contributed by atoms with E-state index in [4.69, 9.17) is 14.5 Å². The van der Waals surface area contributed by atoms with Crippen LogP contribution in [0, 0.1) is 5.92 Å². The highest BCUT2D eigenvalue weighted by atomic mass is 32.1. The van der Waals surface area contributed by atoms with Crippen molar-refractivity contribution in [2.75, 3.05) is 26.9 Å². The third kappa shape index (κ3) is 4.20. The van der Waals surface area contributed by atoms with Crippen LogP contribution in [0.15, 0.2) is 29.8 Å². The molecule has 1 aromatic carbocycles. The fourth-order valence-electron chi connectivity index (χ4n) is 5.40. The van der Waals surface area contributed by atoms with Crippen molar-refractivity contribution in [1.82, 2.24) is 14.5 Å². The zero-order valence-corrected chi connectivity index (χ0v) is 20.4. The Bertz CT molecular complexity index is 1050.